The molecule has 6 heteroatoms. The van der Waals surface area contributed by atoms with E-state index in [1.165, 1.54) is 180 Å². The number of hydrogen-bond donors (Lipinski definition) is 3. The number of rotatable bonds is 52. The van der Waals surface area contributed by atoms with E-state index in [2.05, 4.69) is 74.7 Å². The predicted molar refractivity (Wildman–Crippen MR) is 287 cm³/mol. The SMILES string of the molecule is CCCCCCC/C=C/C=C/C=C/CCCCCC(CC(=O)NC(CO)C(O)CCCCCCCCCCCCCCCC)OC(=O)CCCCCCCCC/C=C/CCCCCCCC. The molecule has 0 radical (unpaired) electrons. The van der Waals surface area contributed by atoms with Gasteiger partial charge in [0, 0.05) is 6.42 Å². The van der Waals surface area contributed by atoms with Crippen LogP contribution in [-0.2, 0) is 14.3 Å². The van der Waals surface area contributed by atoms with Crippen LogP contribution in [0, 0.1) is 0 Å². The van der Waals surface area contributed by atoms with Crippen LogP contribution in [-0.4, -0.2) is 46.9 Å². The van der Waals surface area contributed by atoms with Crippen LogP contribution in [0.5, 0.6) is 0 Å². The first-order valence-electron chi connectivity index (χ1n) is 28.9. The van der Waals surface area contributed by atoms with E-state index in [0.29, 0.717) is 19.3 Å². The lowest BCUT2D eigenvalue weighted by molar-refractivity contribution is -0.151. The van der Waals surface area contributed by atoms with Crippen molar-refractivity contribution in [1.29, 1.82) is 0 Å². The van der Waals surface area contributed by atoms with E-state index in [9.17, 15) is 19.8 Å². The molecule has 0 heterocycles. The van der Waals surface area contributed by atoms with Gasteiger partial charge in [-0.3, -0.25) is 9.59 Å². The summed E-state index contributed by atoms with van der Waals surface area (Å²) in [5.74, 6) is -0.502. The Morgan fingerprint density at radius 1 is 0.439 bits per heavy atom. The van der Waals surface area contributed by atoms with Gasteiger partial charge in [0.05, 0.1) is 25.2 Å². The lowest BCUT2D eigenvalue weighted by Crippen LogP contribution is -2.46. The minimum Gasteiger partial charge on any atom is -0.462 e. The molecule has 0 spiro atoms. The monoisotopic (exact) mass is 926 g/mol. The van der Waals surface area contributed by atoms with Crippen molar-refractivity contribution in [3.63, 3.8) is 0 Å². The number of aliphatic hydroxyl groups is 2. The van der Waals surface area contributed by atoms with E-state index >= 15 is 0 Å². The van der Waals surface area contributed by atoms with Crippen LogP contribution in [0.3, 0.4) is 0 Å². The smallest absolute Gasteiger partial charge is 0.306 e. The summed E-state index contributed by atoms with van der Waals surface area (Å²) in [5, 5.41) is 23.9. The van der Waals surface area contributed by atoms with E-state index in [-0.39, 0.29) is 24.9 Å². The van der Waals surface area contributed by atoms with Crippen molar-refractivity contribution in [2.75, 3.05) is 6.61 Å². The van der Waals surface area contributed by atoms with Gasteiger partial charge in [0.1, 0.15) is 6.10 Å². The number of allylic oxidation sites excluding steroid dienone is 8. The third-order valence-electron chi connectivity index (χ3n) is 13.2. The van der Waals surface area contributed by atoms with Gasteiger partial charge in [0.15, 0.2) is 0 Å². The summed E-state index contributed by atoms with van der Waals surface area (Å²) in [6.45, 7) is 6.48. The molecular formula is C60H111NO5. The van der Waals surface area contributed by atoms with Gasteiger partial charge in [-0.1, -0.05) is 256 Å². The van der Waals surface area contributed by atoms with Crippen LogP contribution < -0.4 is 5.32 Å². The van der Waals surface area contributed by atoms with Crippen LogP contribution in [0.15, 0.2) is 48.6 Å². The molecular weight excluding hydrogens is 815 g/mol. The summed E-state index contributed by atoms with van der Waals surface area (Å²) < 4.78 is 5.95. The molecule has 0 aliphatic carbocycles. The van der Waals surface area contributed by atoms with Crippen molar-refractivity contribution in [2.45, 2.75) is 315 Å². The molecule has 3 N–H and O–H groups in total. The van der Waals surface area contributed by atoms with Gasteiger partial charge in [0.25, 0.3) is 0 Å². The van der Waals surface area contributed by atoms with Gasteiger partial charge < -0.3 is 20.3 Å². The quantitative estimate of drug-likeness (QED) is 0.0244. The number of carbonyl (C=O) groups excluding carboxylic acids is 2. The molecule has 0 aliphatic rings. The highest BCUT2D eigenvalue weighted by Gasteiger charge is 2.24. The zero-order valence-electron chi connectivity index (χ0n) is 44.1. The molecule has 0 fully saturated rings. The normalized spacial score (nSPS) is 13.5. The van der Waals surface area contributed by atoms with Gasteiger partial charge in [0.2, 0.25) is 5.91 Å². The lowest BCUT2D eigenvalue weighted by Gasteiger charge is -2.24. The molecule has 66 heavy (non-hydrogen) atoms. The summed E-state index contributed by atoms with van der Waals surface area (Å²) in [7, 11) is 0. The predicted octanol–water partition coefficient (Wildman–Crippen LogP) is 17.8. The highest BCUT2D eigenvalue weighted by molar-refractivity contribution is 5.77. The Morgan fingerprint density at radius 2 is 0.788 bits per heavy atom. The minimum atomic E-state index is -0.798. The number of hydrogen-bond acceptors (Lipinski definition) is 5. The number of ether oxygens (including phenoxy) is 1. The fourth-order valence-electron chi connectivity index (χ4n) is 8.78. The lowest BCUT2D eigenvalue weighted by atomic mass is 10.0. The molecule has 6 nitrogen and oxygen atoms in total. The van der Waals surface area contributed by atoms with Crippen molar-refractivity contribution in [3.8, 4) is 0 Å². The summed E-state index contributed by atoms with van der Waals surface area (Å²) in [5.41, 5.74) is 0. The first-order valence-corrected chi connectivity index (χ1v) is 28.9. The summed E-state index contributed by atoms with van der Waals surface area (Å²) in [6, 6.07) is -0.714. The Kier molecular flexibility index (Phi) is 52.0. The molecule has 0 aromatic rings. The van der Waals surface area contributed by atoms with Gasteiger partial charge in [-0.15, -0.1) is 0 Å². The second-order valence-corrected chi connectivity index (χ2v) is 19.7. The second kappa shape index (κ2) is 53.8. The molecule has 386 valence electrons. The molecule has 0 aliphatic heterocycles. The third kappa shape index (κ3) is 48.3. The first-order chi connectivity index (χ1) is 32.5. The largest absolute Gasteiger partial charge is 0.462 e. The molecule has 0 saturated heterocycles. The number of unbranched alkanes of at least 4 members (excludes halogenated alkanes) is 34. The standard InChI is InChI=1S/C60H111NO5/c1-4-7-10-13-16-19-22-25-28-30-32-35-38-41-44-47-50-53-60(65)66-56(51-48-45-42-39-36-33-31-29-26-23-20-17-14-11-8-5-2)54-59(64)61-57(55-62)58(63)52-49-46-43-40-37-34-27-24-21-18-15-12-9-6-3/h23,25-26,28-29,31,33,36,56-58,62-63H,4-22,24,27,30,32,34-35,37-55H2,1-3H3,(H,61,64)/b26-23+,28-25+,31-29+,36-33+. The maximum atomic E-state index is 13.3. The molecule has 3 atom stereocenters. The van der Waals surface area contributed by atoms with E-state index in [4.69, 9.17) is 4.74 Å². The molecule has 0 bridgehead atoms. The second-order valence-electron chi connectivity index (χ2n) is 19.7. The van der Waals surface area contributed by atoms with Gasteiger partial charge in [-0.05, 0) is 77.0 Å². The van der Waals surface area contributed by atoms with Crippen molar-refractivity contribution >= 4 is 11.9 Å². The average Bonchev–Trinajstić information content (AvgIpc) is 3.31. The number of carbonyl (C=O) groups is 2. The van der Waals surface area contributed by atoms with Crippen molar-refractivity contribution < 1.29 is 24.5 Å². The van der Waals surface area contributed by atoms with Crippen LogP contribution in [0.25, 0.3) is 0 Å². The fraction of sp³-hybridized carbons (Fsp3) is 0.833. The Morgan fingerprint density at radius 3 is 1.21 bits per heavy atom. The Balaban J connectivity index is 4.62. The van der Waals surface area contributed by atoms with Crippen LogP contribution in [0.4, 0.5) is 0 Å². The van der Waals surface area contributed by atoms with E-state index in [0.717, 1.165) is 70.6 Å². The van der Waals surface area contributed by atoms with E-state index in [1.54, 1.807) is 0 Å². The summed E-state index contributed by atoms with van der Waals surface area (Å²) in [4.78, 5) is 26.3. The number of nitrogens with one attached hydrogen (secondary N) is 1. The molecule has 1 amide bonds. The third-order valence-corrected chi connectivity index (χ3v) is 13.2. The van der Waals surface area contributed by atoms with Crippen molar-refractivity contribution in [1.82, 2.24) is 5.32 Å². The molecule has 0 aromatic heterocycles. The van der Waals surface area contributed by atoms with Crippen LogP contribution in [0.1, 0.15) is 297 Å². The molecule has 0 aromatic carbocycles. The minimum absolute atomic E-state index is 0.0546. The van der Waals surface area contributed by atoms with Crippen molar-refractivity contribution in [2.24, 2.45) is 0 Å². The summed E-state index contributed by atoms with van der Waals surface area (Å²) >= 11 is 0. The Bertz CT molecular complexity index is 1130. The number of aliphatic hydroxyl groups excluding tert-OH is 2. The highest BCUT2D eigenvalue weighted by Crippen LogP contribution is 2.18. The molecule has 0 saturated carbocycles. The van der Waals surface area contributed by atoms with Crippen LogP contribution >= 0.6 is 0 Å². The van der Waals surface area contributed by atoms with Gasteiger partial charge in [-0.25, -0.2) is 0 Å². The van der Waals surface area contributed by atoms with Gasteiger partial charge >= 0.3 is 5.97 Å². The average molecular weight is 927 g/mol. The van der Waals surface area contributed by atoms with Gasteiger partial charge in [-0.2, -0.15) is 0 Å². The van der Waals surface area contributed by atoms with E-state index in [1.807, 2.05) is 0 Å². The molecule has 0 rings (SSSR count). The Labute approximate surface area is 410 Å². The first kappa shape index (κ1) is 63.8. The topological polar surface area (TPSA) is 95.9 Å². The maximum Gasteiger partial charge on any atom is 0.306 e. The Hall–Kier alpha value is -2.18. The zero-order valence-corrected chi connectivity index (χ0v) is 44.1. The van der Waals surface area contributed by atoms with Crippen molar-refractivity contribution in [3.05, 3.63) is 48.6 Å². The summed E-state index contributed by atoms with van der Waals surface area (Å²) in [6.07, 6.45) is 66.0. The number of esters is 1. The molecule has 3 unspecified atom stereocenters. The van der Waals surface area contributed by atoms with E-state index < -0.39 is 18.2 Å². The maximum absolute atomic E-state index is 13.3. The number of amides is 1. The zero-order chi connectivity index (χ0) is 48.1. The highest BCUT2D eigenvalue weighted by atomic mass is 16.5. The van der Waals surface area contributed by atoms with Crippen LogP contribution in [0.2, 0.25) is 0 Å². The fourth-order valence-corrected chi connectivity index (χ4v) is 8.78.